The second-order valence-corrected chi connectivity index (χ2v) is 9.33. The topological polar surface area (TPSA) is 61.4 Å². The van der Waals surface area contributed by atoms with Crippen LogP contribution in [0.3, 0.4) is 0 Å². The fourth-order valence-corrected chi connectivity index (χ4v) is 4.77. The van der Waals surface area contributed by atoms with Crippen molar-refractivity contribution >= 4 is 40.8 Å². The monoisotopic (exact) mass is 499 g/mol. The van der Waals surface area contributed by atoms with Gasteiger partial charge in [0, 0.05) is 50.1 Å². The van der Waals surface area contributed by atoms with E-state index in [0.29, 0.717) is 60.0 Å². The number of halogens is 2. The van der Waals surface area contributed by atoms with Crippen molar-refractivity contribution in [2.75, 3.05) is 42.5 Å². The van der Waals surface area contributed by atoms with Gasteiger partial charge in [0.1, 0.15) is 16.8 Å². The van der Waals surface area contributed by atoms with Crippen LogP contribution in [0.5, 0.6) is 0 Å². The molecular formula is C25H27ClFN5OS. The van der Waals surface area contributed by atoms with Gasteiger partial charge in [-0.2, -0.15) is 0 Å². The van der Waals surface area contributed by atoms with Crippen LogP contribution in [-0.2, 0) is 5.75 Å². The van der Waals surface area contributed by atoms with Crippen molar-refractivity contribution in [3.8, 4) is 0 Å². The molecule has 0 spiro atoms. The minimum absolute atomic E-state index is 0.0565. The molecule has 0 saturated carbocycles. The molecule has 1 N–H and O–H groups in total. The van der Waals surface area contributed by atoms with Crippen LogP contribution in [0.1, 0.15) is 29.3 Å². The summed E-state index contributed by atoms with van der Waals surface area (Å²) in [5.41, 5.74) is 2.35. The molecule has 2 heterocycles. The number of thioether (sulfide) groups is 1. The second kappa shape index (κ2) is 11.5. The van der Waals surface area contributed by atoms with Crippen molar-refractivity contribution in [1.29, 1.82) is 0 Å². The highest BCUT2D eigenvalue weighted by atomic mass is 35.5. The molecule has 1 fully saturated rings. The Morgan fingerprint density at radius 2 is 1.76 bits per heavy atom. The van der Waals surface area contributed by atoms with E-state index >= 15 is 0 Å². The Morgan fingerprint density at radius 1 is 1.06 bits per heavy atom. The van der Waals surface area contributed by atoms with Gasteiger partial charge in [0.25, 0.3) is 5.91 Å². The maximum Gasteiger partial charge on any atom is 0.251 e. The lowest BCUT2D eigenvalue weighted by Gasteiger charge is -2.36. The van der Waals surface area contributed by atoms with Gasteiger partial charge >= 0.3 is 0 Å². The number of anilines is 2. The first-order valence-electron chi connectivity index (χ1n) is 11.3. The van der Waals surface area contributed by atoms with Crippen LogP contribution >= 0.6 is 23.4 Å². The molecule has 1 aliphatic rings. The van der Waals surface area contributed by atoms with Crippen molar-refractivity contribution < 1.29 is 9.18 Å². The maximum absolute atomic E-state index is 14.1. The summed E-state index contributed by atoms with van der Waals surface area (Å²) in [6, 6.07) is 16.2. The Morgan fingerprint density at radius 3 is 2.47 bits per heavy atom. The summed E-state index contributed by atoms with van der Waals surface area (Å²) in [4.78, 5) is 25.3. The van der Waals surface area contributed by atoms with Crippen molar-refractivity contribution in [2.45, 2.75) is 24.3 Å². The van der Waals surface area contributed by atoms with Crippen LogP contribution in [0.15, 0.2) is 59.8 Å². The quantitative estimate of drug-likeness (QED) is 0.266. The van der Waals surface area contributed by atoms with E-state index < -0.39 is 0 Å². The van der Waals surface area contributed by atoms with Crippen LogP contribution in [0.25, 0.3) is 0 Å². The number of amides is 1. The fourth-order valence-electron chi connectivity index (χ4n) is 3.74. The first-order valence-corrected chi connectivity index (χ1v) is 12.7. The van der Waals surface area contributed by atoms with E-state index in [2.05, 4.69) is 20.1 Å². The van der Waals surface area contributed by atoms with Crippen LogP contribution in [0, 0.1) is 5.82 Å². The largest absolute Gasteiger partial charge is 0.366 e. The molecule has 1 amide bonds. The molecule has 6 nitrogen and oxygen atoms in total. The van der Waals surface area contributed by atoms with Gasteiger partial charge in [0.05, 0.1) is 5.69 Å². The highest BCUT2D eigenvalue weighted by Crippen LogP contribution is 2.27. The van der Waals surface area contributed by atoms with Gasteiger partial charge in [-0.05, 0) is 36.2 Å². The molecule has 1 saturated heterocycles. The summed E-state index contributed by atoms with van der Waals surface area (Å²) in [5, 5.41) is 3.88. The molecule has 34 heavy (non-hydrogen) atoms. The number of para-hydroxylation sites is 1. The van der Waals surface area contributed by atoms with E-state index in [0.717, 1.165) is 17.8 Å². The van der Waals surface area contributed by atoms with Crippen LogP contribution < -0.4 is 15.1 Å². The van der Waals surface area contributed by atoms with E-state index in [4.69, 9.17) is 16.6 Å². The summed E-state index contributed by atoms with van der Waals surface area (Å²) in [7, 11) is 0. The molecule has 1 aliphatic heterocycles. The standard InChI is InChI=1S/C25H27ClFN5OS/c1-2-11-28-24(33)19-9-7-18(8-10-19)17-34-25-29-22(26)16-23(30-25)32-14-12-31(13-15-32)21-6-4-3-5-20(21)27/h3-10,16H,2,11-15,17H2,1H3,(H,28,33). The Balaban J connectivity index is 1.35. The number of benzene rings is 2. The molecule has 0 aliphatic carbocycles. The smallest absolute Gasteiger partial charge is 0.251 e. The minimum Gasteiger partial charge on any atom is -0.366 e. The number of piperazine rings is 1. The summed E-state index contributed by atoms with van der Waals surface area (Å²) >= 11 is 7.80. The van der Waals surface area contributed by atoms with Crippen molar-refractivity contribution in [1.82, 2.24) is 15.3 Å². The van der Waals surface area contributed by atoms with Gasteiger partial charge in [-0.15, -0.1) is 0 Å². The van der Waals surface area contributed by atoms with Gasteiger partial charge < -0.3 is 15.1 Å². The lowest BCUT2D eigenvalue weighted by atomic mass is 10.1. The minimum atomic E-state index is -0.200. The van der Waals surface area contributed by atoms with E-state index in [1.54, 1.807) is 12.1 Å². The zero-order valence-electron chi connectivity index (χ0n) is 19.0. The third kappa shape index (κ3) is 6.18. The number of hydrogen-bond acceptors (Lipinski definition) is 6. The SMILES string of the molecule is CCCNC(=O)c1ccc(CSc2nc(Cl)cc(N3CCN(c4ccccc4F)CC3)n2)cc1. The number of carbonyl (C=O) groups excluding carboxylic acids is 1. The Kier molecular flexibility index (Phi) is 8.24. The number of nitrogens with zero attached hydrogens (tertiary/aromatic N) is 4. The molecular weight excluding hydrogens is 473 g/mol. The van der Waals surface area contributed by atoms with Crippen LogP contribution in [0.2, 0.25) is 5.15 Å². The second-order valence-electron chi connectivity index (χ2n) is 8.00. The fraction of sp³-hybridized carbons (Fsp3) is 0.320. The van der Waals surface area contributed by atoms with Crippen molar-refractivity contribution in [3.05, 3.63) is 76.7 Å². The zero-order valence-corrected chi connectivity index (χ0v) is 20.6. The average Bonchev–Trinajstić information content (AvgIpc) is 2.86. The average molecular weight is 500 g/mol. The Bertz CT molecular complexity index is 1120. The van der Waals surface area contributed by atoms with Gasteiger partial charge in [-0.25, -0.2) is 14.4 Å². The first-order chi connectivity index (χ1) is 16.5. The van der Waals surface area contributed by atoms with Crippen molar-refractivity contribution in [2.24, 2.45) is 0 Å². The highest BCUT2D eigenvalue weighted by Gasteiger charge is 2.21. The molecule has 0 bridgehead atoms. The molecule has 2 aromatic carbocycles. The van der Waals surface area contributed by atoms with E-state index in [9.17, 15) is 9.18 Å². The maximum atomic E-state index is 14.1. The lowest BCUT2D eigenvalue weighted by molar-refractivity contribution is 0.0953. The molecule has 0 atom stereocenters. The van der Waals surface area contributed by atoms with E-state index in [1.165, 1.54) is 17.8 Å². The molecule has 3 aromatic rings. The number of nitrogens with one attached hydrogen (secondary N) is 1. The summed E-state index contributed by atoms with van der Waals surface area (Å²) in [6.07, 6.45) is 0.906. The predicted molar refractivity (Wildman–Crippen MR) is 136 cm³/mol. The third-order valence-corrected chi connectivity index (χ3v) is 6.69. The van der Waals surface area contributed by atoms with Gasteiger partial charge in [0.15, 0.2) is 5.16 Å². The van der Waals surface area contributed by atoms with Crippen LogP contribution in [-0.4, -0.2) is 48.6 Å². The predicted octanol–water partition coefficient (Wildman–Crippen LogP) is 5.03. The molecule has 0 unspecified atom stereocenters. The lowest BCUT2D eigenvalue weighted by Crippen LogP contribution is -2.47. The first kappa shape index (κ1) is 24.3. The summed E-state index contributed by atoms with van der Waals surface area (Å²) in [6.45, 7) is 5.52. The summed E-state index contributed by atoms with van der Waals surface area (Å²) < 4.78 is 14.1. The highest BCUT2D eigenvalue weighted by molar-refractivity contribution is 7.98. The number of carbonyl (C=O) groups is 1. The number of hydrogen-bond donors (Lipinski definition) is 1. The molecule has 0 radical (unpaired) electrons. The molecule has 4 rings (SSSR count). The number of aromatic nitrogens is 2. The van der Waals surface area contributed by atoms with E-state index in [1.807, 2.05) is 43.3 Å². The third-order valence-electron chi connectivity index (χ3n) is 5.58. The van der Waals surface area contributed by atoms with Gasteiger partial charge in [0.2, 0.25) is 0 Å². The molecule has 178 valence electrons. The zero-order chi connectivity index (χ0) is 23.9. The Hall–Kier alpha value is -2.84. The molecule has 9 heteroatoms. The number of rotatable bonds is 8. The van der Waals surface area contributed by atoms with E-state index in [-0.39, 0.29) is 11.7 Å². The molecule has 1 aromatic heterocycles. The van der Waals surface area contributed by atoms with Gasteiger partial charge in [-0.3, -0.25) is 4.79 Å². The van der Waals surface area contributed by atoms with Crippen molar-refractivity contribution in [3.63, 3.8) is 0 Å². The normalized spacial score (nSPS) is 13.7. The van der Waals surface area contributed by atoms with Gasteiger partial charge in [-0.1, -0.05) is 54.6 Å². The van der Waals surface area contributed by atoms with Crippen LogP contribution in [0.4, 0.5) is 15.9 Å². The Labute approximate surface area is 208 Å². The summed E-state index contributed by atoms with van der Waals surface area (Å²) in [5.74, 6) is 1.18.